The van der Waals surface area contributed by atoms with Gasteiger partial charge in [0.1, 0.15) is 24.6 Å². The number of ether oxygens (including phenoxy) is 1. The van der Waals surface area contributed by atoms with Crippen molar-refractivity contribution in [3.05, 3.63) is 70.4 Å². The van der Waals surface area contributed by atoms with E-state index in [1.807, 2.05) is 0 Å². The first kappa shape index (κ1) is 45.5. The van der Waals surface area contributed by atoms with Gasteiger partial charge in [-0.25, -0.2) is 36.4 Å². The van der Waals surface area contributed by atoms with Gasteiger partial charge < -0.3 is 20.7 Å². The van der Waals surface area contributed by atoms with Gasteiger partial charge in [-0.3, -0.25) is 38.4 Å². The molecule has 3 aliphatic heterocycles. The number of nitrogens with one attached hydrogen (secondary N) is 2. The van der Waals surface area contributed by atoms with Crippen LogP contribution in [0.25, 0.3) is 16.6 Å². The Labute approximate surface area is 372 Å². The lowest BCUT2D eigenvalue weighted by atomic mass is 9.85. The number of piperidine rings is 2. The number of nitrogens with two attached hydrogens (primary N) is 1. The van der Waals surface area contributed by atoms with Gasteiger partial charge in [0.15, 0.2) is 21.4 Å². The van der Waals surface area contributed by atoms with E-state index >= 15 is 4.39 Å². The Morgan fingerprint density at radius 3 is 2.55 bits per heavy atom. The number of imidazole rings is 1. The number of carbonyl (C=O) groups excluding carboxylic acids is 3. The molecule has 1 saturated carbocycles. The molecular formula is C43H50F3N11O7S. The smallest absolute Gasteiger partial charge is 0.329 e. The minimum atomic E-state index is -3.14. The number of alkyl halides is 3. The first-order chi connectivity index (χ1) is 31.2. The number of rotatable bonds is 11. The van der Waals surface area contributed by atoms with Crippen LogP contribution in [-0.2, 0) is 36.0 Å². The summed E-state index contributed by atoms with van der Waals surface area (Å²) in [7, 11) is -1.54. The first-order valence-corrected chi connectivity index (χ1v) is 23.4. The second kappa shape index (κ2) is 19.2. The normalized spacial score (nSPS) is 24.2. The number of likely N-dealkylation sites (tertiary alicyclic amines) is 1. The molecular weight excluding hydrogens is 872 g/mol. The maximum Gasteiger partial charge on any atom is 0.329 e. The van der Waals surface area contributed by atoms with E-state index in [1.165, 1.54) is 26.2 Å². The molecule has 8 rings (SSSR count). The predicted octanol–water partition coefficient (Wildman–Crippen LogP) is 2.63. The number of halogens is 3. The highest BCUT2D eigenvalue weighted by Crippen LogP contribution is 2.36. The molecule has 0 radical (unpaired) electrons. The predicted molar refractivity (Wildman–Crippen MR) is 233 cm³/mol. The molecule has 1 aromatic carbocycles. The van der Waals surface area contributed by atoms with E-state index in [4.69, 9.17) is 10.5 Å². The monoisotopic (exact) mass is 921 g/mol. The molecule has 65 heavy (non-hydrogen) atoms. The first-order valence-electron chi connectivity index (χ1n) is 21.6. The fraction of sp³-hybridized carbons (Fsp3) is 0.512. The summed E-state index contributed by atoms with van der Waals surface area (Å²) < 4.78 is 77.9. The van der Waals surface area contributed by atoms with Crippen LogP contribution in [0.15, 0.2) is 47.7 Å². The summed E-state index contributed by atoms with van der Waals surface area (Å²) in [6.45, 7) is 1.92. The number of fused-ring (bicyclic) bond motifs is 1. The van der Waals surface area contributed by atoms with Crippen LogP contribution < -0.4 is 27.0 Å². The van der Waals surface area contributed by atoms with Crippen molar-refractivity contribution in [2.75, 3.05) is 61.1 Å². The Morgan fingerprint density at radius 1 is 1.08 bits per heavy atom. The van der Waals surface area contributed by atoms with Crippen LogP contribution in [0.2, 0.25) is 0 Å². The van der Waals surface area contributed by atoms with E-state index in [-0.39, 0.29) is 85.5 Å². The zero-order chi connectivity index (χ0) is 46.0. The molecule has 4 fully saturated rings. The highest BCUT2D eigenvalue weighted by Gasteiger charge is 2.34. The lowest BCUT2D eigenvalue weighted by Gasteiger charge is -2.38. The van der Waals surface area contributed by atoms with Gasteiger partial charge in [0.25, 0.3) is 12.3 Å². The third-order valence-electron chi connectivity index (χ3n) is 12.7. The lowest BCUT2D eigenvalue weighted by Crippen LogP contribution is -2.47. The van der Waals surface area contributed by atoms with Crippen molar-refractivity contribution in [1.29, 1.82) is 0 Å². The zero-order valence-corrected chi connectivity index (χ0v) is 36.5. The largest absolute Gasteiger partial charge is 0.404 e. The van der Waals surface area contributed by atoms with E-state index in [9.17, 15) is 36.4 Å². The third-order valence-corrected chi connectivity index (χ3v) is 14.3. The number of nitrogens with zero attached hydrogens (tertiary/aromatic N) is 8. The number of aromatic nitrogens is 6. The van der Waals surface area contributed by atoms with Crippen molar-refractivity contribution < 1.29 is 40.7 Å². The summed E-state index contributed by atoms with van der Waals surface area (Å²) in [5.74, 6) is 4.83. The Morgan fingerprint density at radius 2 is 1.85 bits per heavy atom. The van der Waals surface area contributed by atoms with Crippen LogP contribution >= 0.6 is 0 Å². The quantitative estimate of drug-likeness (QED) is 0.112. The number of amides is 3. The van der Waals surface area contributed by atoms with Gasteiger partial charge in [-0.05, 0) is 62.6 Å². The van der Waals surface area contributed by atoms with E-state index < -0.39 is 57.8 Å². The van der Waals surface area contributed by atoms with Gasteiger partial charge in [0, 0.05) is 64.8 Å². The number of imide groups is 1. The average molecular weight is 922 g/mol. The molecule has 18 nitrogen and oxygen atoms in total. The molecule has 4 N–H and O–H groups in total. The van der Waals surface area contributed by atoms with E-state index in [0.29, 0.717) is 54.8 Å². The van der Waals surface area contributed by atoms with E-state index in [0.717, 1.165) is 19.0 Å². The van der Waals surface area contributed by atoms with Crippen molar-refractivity contribution in [3.8, 4) is 11.8 Å². The van der Waals surface area contributed by atoms with E-state index in [2.05, 4.69) is 42.4 Å². The second-order valence-electron chi connectivity index (χ2n) is 16.9. The summed E-state index contributed by atoms with van der Waals surface area (Å²) >= 11 is 0. The van der Waals surface area contributed by atoms with Crippen LogP contribution in [0.4, 0.5) is 24.7 Å². The average Bonchev–Trinajstić information content (AvgIpc) is 3.81. The molecule has 3 amide bonds. The summed E-state index contributed by atoms with van der Waals surface area (Å²) in [6.07, 6.45) is 2.60. The molecule has 1 unspecified atom stereocenters. The van der Waals surface area contributed by atoms with Crippen LogP contribution in [0.1, 0.15) is 80.5 Å². The van der Waals surface area contributed by atoms with Crippen LogP contribution in [-0.4, -0.2) is 123 Å². The highest BCUT2D eigenvalue weighted by atomic mass is 32.2. The molecule has 3 atom stereocenters. The molecule has 6 heterocycles. The fourth-order valence-corrected chi connectivity index (χ4v) is 10.4. The van der Waals surface area contributed by atoms with Crippen molar-refractivity contribution in [2.24, 2.45) is 18.7 Å². The summed E-state index contributed by atoms with van der Waals surface area (Å²) in [5, 5.41) is 8.99. The van der Waals surface area contributed by atoms with Crippen LogP contribution in [0.3, 0.4) is 0 Å². The second-order valence-corrected chi connectivity index (χ2v) is 19.2. The van der Waals surface area contributed by atoms with Crippen molar-refractivity contribution in [3.63, 3.8) is 0 Å². The fourth-order valence-electron chi connectivity index (χ4n) is 9.19. The SMILES string of the molecule is Cn1c(=O)n(C2CCC(=O)NC2=O)c2cccc(C#CCO[C@H]3CCN(CC4CCC(n5cc(NC(=O)C(=CN)c6nccc(N7CCS(=O)(=O)CC7)n6)c(C(F)F)n5)CC4)C[C@H]3F)c21. The standard InChI is InChI=1S/C43H50F3N11O7S/c1-53-38-27(4-2-6-32(38)57(43(53)61)33-11-12-36(58)51-42(33)60)5-3-19-64-34-14-16-54(24-30(34)44)23-26-7-9-28(10-8-26)56-25-31(37(52-56)39(45)46)49-41(59)29(22-47)40-48-15-13-35(50-40)55-17-20-65(62,63)21-18-55/h2,4,6,13,15,22,25-26,28,30,33-34,39H,7-12,14,16-21,23-24,47H2,1H3,(H,49,59)(H,51,58,60)/t26?,28?,30-,33?,34+/m1/s1. The van der Waals surface area contributed by atoms with Gasteiger partial charge in [0.2, 0.25) is 11.8 Å². The van der Waals surface area contributed by atoms with Crippen LogP contribution in [0, 0.1) is 17.8 Å². The van der Waals surface area contributed by atoms with Crippen molar-refractivity contribution in [2.45, 2.75) is 75.7 Å². The van der Waals surface area contributed by atoms with Gasteiger partial charge in [-0.2, -0.15) is 5.10 Å². The van der Waals surface area contributed by atoms with Crippen molar-refractivity contribution in [1.82, 2.24) is 39.1 Å². The maximum absolute atomic E-state index is 15.5. The molecule has 22 heteroatoms. The Bertz CT molecular complexity index is 2720. The molecule has 4 aliphatic rings. The number of sulfone groups is 1. The summed E-state index contributed by atoms with van der Waals surface area (Å²) in [6, 6.07) is 5.80. The topological polar surface area (TPSA) is 222 Å². The number of anilines is 2. The number of hydrogen-bond acceptors (Lipinski definition) is 13. The molecule has 4 aromatic rings. The number of para-hydroxylation sites is 1. The number of benzene rings is 1. The van der Waals surface area contributed by atoms with Gasteiger partial charge in [-0.15, -0.1) is 0 Å². The molecule has 0 bridgehead atoms. The van der Waals surface area contributed by atoms with Crippen molar-refractivity contribution >= 4 is 55.7 Å². The molecule has 3 saturated heterocycles. The molecule has 0 spiro atoms. The van der Waals surface area contributed by atoms with E-state index in [1.54, 1.807) is 36.2 Å². The number of carbonyl (C=O) groups is 3. The Hall–Kier alpha value is -6.05. The summed E-state index contributed by atoms with van der Waals surface area (Å²) in [4.78, 5) is 63.3. The third kappa shape index (κ3) is 9.96. The number of aryl methyl sites for hydroxylation is 1. The Balaban J connectivity index is 0.816. The highest BCUT2D eigenvalue weighted by molar-refractivity contribution is 7.91. The molecule has 1 aliphatic carbocycles. The molecule has 3 aromatic heterocycles. The Kier molecular flexibility index (Phi) is 13.4. The minimum absolute atomic E-state index is 0.0251. The molecule has 346 valence electrons. The van der Waals surface area contributed by atoms with Gasteiger partial charge >= 0.3 is 5.69 Å². The lowest BCUT2D eigenvalue weighted by molar-refractivity contribution is -0.135. The van der Waals surface area contributed by atoms with Gasteiger partial charge in [0.05, 0.1) is 51.5 Å². The zero-order valence-electron chi connectivity index (χ0n) is 35.7. The summed E-state index contributed by atoms with van der Waals surface area (Å²) in [5.41, 5.74) is 6.10. The minimum Gasteiger partial charge on any atom is -0.404 e. The van der Waals surface area contributed by atoms with Crippen LogP contribution in [0.5, 0.6) is 0 Å². The maximum atomic E-state index is 15.5. The number of hydrogen-bond donors (Lipinski definition) is 3. The van der Waals surface area contributed by atoms with Gasteiger partial charge in [-0.1, -0.05) is 17.9 Å².